The van der Waals surface area contributed by atoms with Gasteiger partial charge in [0.25, 0.3) is 0 Å². The van der Waals surface area contributed by atoms with E-state index in [0.717, 1.165) is 25.4 Å². The summed E-state index contributed by atoms with van der Waals surface area (Å²) in [6.07, 6.45) is 5.25. The molecule has 1 unspecified atom stereocenters. The number of hydrogen-bond donors (Lipinski definition) is 1. The predicted octanol–water partition coefficient (Wildman–Crippen LogP) is 3.98. The molecule has 1 fully saturated rings. The first-order valence-electron chi connectivity index (χ1n) is 7.24. The van der Waals surface area contributed by atoms with Crippen LogP contribution in [0.1, 0.15) is 43.7 Å². The summed E-state index contributed by atoms with van der Waals surface area (Å²) < 4.78 is 27.1. The Morgan fingerprint density at radius 2 is 1.95 bits per heavy atom. The highest BCUT2D eigenvalue weighted by Gasteiger charge is 2.20. The summed E-state index contributed by atoms with van der Waals surface area (Å²) >= 11 is 0. The smallest absolute Gasteiger partial charge is 0.126 e. The molecule has 0 aromatic heterocycles. The summed E-state index contributed by atoms with van der Waals surface area (Å²) in [5.74, 6) is -0.0447. The topological polar surface area (TPSA) is 12.0 Å². The lowest BCUT2D eigenvalue weighted by molar-refractivity contribution is 0.463. The molecular formula is C16H23F2N. The monoisotopic (exact) mass is 267 g/mol. The van der Waals surface area contributed by atoms with E-state index in [0.29, 0.717) is 23.5 Å². The summed E-state index contributed by atoms with van der Waals surface area (Å²) in [6.45, 7) is 4.81. The summed E-state index contributed by atoms with van der Waals surface area (Å²) in [5, 5.41) is 3.48. The van der Waals surface area contributed by atoms with Crippen LogP contribution >= 0.6 is 0 Å². The van der Waals surface area contributed by atoms with Crippen molar-refractivity contribution in [2.24, 2.45) is 5.92 Å². The van der Waals surface area contributed by atoms with Gasteiger partial charge in [-0.2, -0.15) is 0 Å². The third kappa shape index (κ3) is 4.57. The van der Waals surface area contributed by atoms with Crippen molar-refractivity contribution >= 4 is 0 Å². The van der Waals surface area contributed by atoms with Crippen molar-refractivity contribution in [3.05, 3.63) is 34.9 Å². The third-order valence-electron chi connectivity index (χ3n) is 3.88. The fourth-order valence-electron chi connectivity index (χ4n) is 2.25. The Hall–Kier alpha value is -0.960. The van der Waals surface area contributed by atoms with Crippen molar-refractivity contribution in [1.82, 2.24) is 5.32 Å². The second-order valence-electron chi connectivity index (χ2n) is 5.85. The molecule has 1 saturated carbocycles. The Balaban J connectivity index is 1.75. The molecule has 1 aliphatic carbocycles. The number of benzene rings is 1. The maximum Gasteiger partial charge on any atom is 0.126 e. The molecule has 1 nitrogen and oxygen atoms in total. The largest absolute Gasteiger partial charge is 0.314 e. The van der Waals surface area contributed by atoms with Crippen molar-refractivity contribution in [3.63, 3.8) is 0 Å². The van der Waals surface area contributed by atoms with E-state index in [2.05, 4.69) is 12.2 Å². The van der Waals surface area contributed by atoms with E-state index in [4.69, 9.17) is 0 Å². The van der Waals surface area contributed by atoms with Crippen LogP contribution < -0.4 is 5.32 Å². The van der Waals surface area contributed by atoms with E-state index in [1.54, 1.807) is 6.92 Å². The average molecular weight is 267 g/mol. The number of aryl methyl sites for hydroxylation is 2. The molecular weight excluding hydrogens is 244 g/mol. The Morgan fingerprint density at radius 1 is 1.21 bits per heavy atom. The molecule has 1 atom stereocenters. The molecule has 0 saturated heterocycles. The van der Waals surface area contributed by atoms with Crippen LogP contribution in [0.25, 0.3) is 0 Å². The highest BCUT2D eigenvalue weighted by atomic mass is 19.1. The Kier molecular flexibility index (Phi) is 4.92. The minimum absolute atomic E-state index is 0.276. The SMILES string of the molecule is Cc1cc(F)c(CCC(C)CCNC2CC2)cc1F. The van der Waals surface area contributed by atoms with Crippen LogP contribution in [-0.2, 0) is 6.42 Å². The first kappa shape index (κ1) is 14.4. The Morgan fingerprint density at radius 3 is 2.63 bits per heavy atom. The van der Waals surface area contributed by atoms with E-state index in [1.807, 2.05) is 0 Å². The maximum atomic E-state index is 13.7. The predicted molar refractivity (Wildman–Crippen MR) is 74.2 cm³/mol. The minimum atomic E-state index is -0.306. The molecule has 19 heavy (non-hydrogen) atoms. The van der Waals surface area contributed by atoms with Crippen molar-refractivity contribution < 1.29 is 8.78 Å². The Bertz CT molecular complexity index is 427. The van der Waals surface area contributed by atoms with E-state index in [-0.39, 0.29) is 11.6 Å². The second kappa shape index (κ2) is 6.47. The zero-order valence-corrected chi connectivity index (χ0v) is 11.8. The van der Waals surface area contributed by atoms with Crippen LogP contribution in [-0.4, -0.2) is 12.6 Å². The number of hydrogen-bond acceptors (Lipinski definition) is 1. The van der Waals surface area contributed by atoms with Gasteiger partial charge in [-0.05, 0) is 74.8 Å². The zero-order chi connectivity index (χ0) is 13.8. The summed E-state index contributed by atoms with van der Waals surface area (Å²) in [5.41, 5.74) is 0.882. The molecule has 0 spiro atoms. The van der Waals surface area contributed by atoms with Crippen molar-refractivity contribution in [2.45, 2.75) is 52.0 Å². The van der Waals surface area contributed by atoms with Gasteiger partial charge in [-0.15, -0.1) is 0 Å². The lowest BCUT2D eigenvalue weighted by atomic mass is 9.97. The van der Waals surface area contributed by atoms with Gasteiger partial charge in [0.15, 0.2) is 0 Å². The van der Waals surface area contributed by atoms with Gasteiger partial charge in [-0.1, -0.05) is 6.92 Å². The van der Waals surface area contributed by atoms with E-state index < -0.39 is 0 Å². The van der Waals surface area contributed by atoms with E-state index in [1.165, 1.54) is 25.0 Å². The van der Waals surface area contributed by atoms with Gasteiger partial charge >= 0.3 is 0 Å². The van der Waals surface area contributed by atoms with Crippen LogP contribution in [0.5, 0.6) is 0 Å². The molecule has 1 N–H and O–H groups in total. The molecule has 2 rings (SSSR count). The normalized spacial score (nSPS) is 16.6. The fraction of sp³-hybridized carbons (Fsp3) is 0.625. The molecule has 1 aromatic carbocycles. The molecule has 0 bridgehead atoms. The van der Waals surface area contributed by atoms with Crippen LogP contribution in [0, 0.1) is 24.5 Å². The van der Waals surface area contributed by atoms with E-state index in [9.17, 15) is 8.78 Å². The highest BCUT2D eigenvalue weighted by molar-refractivity contribution is 5.25. The maximum absolute atomic E-state index is 13.7. The van der Waals surface area contributed by atoms with Crippen molar-refractivity contribution in [2.75, 3.05) is 6.54 Å². The standard InChI is InChI=1S/C16H23F2N/c1-11(7-8-19-14-5-6-14)3-4-13-10-15(17)12(2)9-16(13)18/h9-11,14,19H,3-8H2,1-2H3. The van der Waals surface area contributed by atoms with Gasteiger partial charge in [-0.25, -0.2) is 8.78 Å². The third-order valence-corrected chi connectivity index (χ3v) is 3.88. The summed E-state index contributed by atoms with van der Waals surface area (Å²) in [6, 6.07) is 3.39. The molecule has 0 amide bonds. The number of rotatable bonds is 7. The van der Waals surface area contributed by atoms with Gasteiger partial charge in [-0.3, -0.25) is 0 Å². The number of nitrogens with one attached hydrogen (secondary N) is 1. The van der Waals surface area contributed by atoms with Crippen LogP contribution in [0.15, 0.2) is 12.1 Å². The van der Waals surface area contributed by atoms with Gasteiger partial charge in [0.1, 0.15) is 11.6 Å². The zero-order valence-electron chi connectivity index (χ0n) is 11.8. The van der Waals surface area contributed by atoms with Crippen LogP contribution in [0.2, 0.25) is 0 Å². The van der Waals surface area contributed by atoms with Crippen molar-refractivity contribution in [3.8, 4) is 0 Å². The summed E-state index contributed by atoms with van der Waals surface area (Å²) in [4.78, 5) is 0. The van der Waals surface area contributed by atoms with Crippen LogP contribution in [0.4, 0.5) is 8.78 Å². The quantitative estimate of drug-likeness (QED) is 0.788. The fourth-order valence-corrected chi connectivity index (χ4v) is 2.25. The summed E-state index contributed by atoms with van der Waals surface area (Å²) in [7, 11) is 0. The number of halogens is 2. The molecule has 106 valence electrons. The van der Waals surface area contributed by atoms with Gasteiger partial charge < -0.3 is 5.32 Å². The highest BCUT2D eigenvalue weighted by Crippen LogP contribution is 2.20. The van der Waals surface area contributed by atoms with E-state index >= 15 is 0 Å². The molecule has 0 radical (unpaired) electrons. The molecule has 0 aliphatic heterocycles. The minimum Gasteiger partial charge on any atom is -0.314 e. The van der Waals surface area contributed by atoms with Gasteiger partial charge in [0.2, 0.25) is 0 Å². The van der Waals surface area contributed by atoms with Gasteiger partial charge in [0.05, 0.1) is 0 Å². The van der Waals surface area contributed by atoms with Gasteiger partial charge in [0, 0.05) is 6.04 Å². The van der Waals surface area contributed by atoms with Crippen molar-refractivity contribution in [1.29, 1.82) is 0 Å². The first-order chi connectivity index (χ1) is 9.06. The van der Waals surface area contributed by atoms with Crippen LogP contribution in [0.3, 0.4) is 0 Å². The molecule has 3 heteroatoms. The second-order valence-corrected chi connectivity index (χ2v) is 5.85. The molecule has 0 heterocycles. The average Bonchev–Trinajstić information content (AvgIpc) is 3.16. The lowest BCUT2D eigenvalue weighted by Crippen LogP contribution is -2.19. The molecule has 1 aromatic rings. The lowest BCUT2D eigenvalue weighted by Gasteiger charge is -2.12. The first-order valence-corrected chi connectivity index (χ1v) is 7.24. The Labute approximate surface area is 114 Å². The molecule has 1 aliphatic rings.